The maximum Gasteiger partial charge on any atom is 0.152 e. The predicted octanol–water partition coefficient (Wildman–Crippen LogP) is 3.66. The Morgan fingerprint density at radius 1 is 1.19 bits per heavy atom. The Balaban J connectivity index is 2.02. The minimum atomic E-state index is 0.549. The number of rotatable bonds is 4. The molecule has 0 N–H and O–H groups in total. The van der Waals surface area contributed by atoms with Crippen LogP contribution in [-0.4, -0.2) is 16.0 Å². The first-order chi connectivity index (χ1) is 10.3. The van der Waals surface area contributed by atoms with Gasteiger partial charge in [-0.15, -0.1) is 0 Å². The summed E-state index contributed by atoms with van der Waals surface area (Å²) in [6, 6.07) is 15.6. The van der Waals surface area contributed by atoms with E-state index in [1.54, 1.807) is 4.40 Å². The number of benzene rings is 1. The second-order valence-corrected chi connectivity index (χ2v) is 4.72. The van der Waals surface area contributed by atoms with Crippen molar-refractivity contribution in [1.82, 2.24) is 9.38 Å². The Labute approximate surface area is 123 Å². The molecule has 2 aromatic heterocycles. The van der Waals surface area contributed by atoms with Gasteiger partial charge in [0.15, 0.2) is 5.69 Å². The topological polar surface area (TPSA) is 50.3 Å². The van der Waals surface area contributed by atoms with E-state index in [2.05, 4.69) is 18.0 Å². The van der Waals surface area contributed by atoms with Crippen molar-refractivity contribution >= 4 is 5.65 Å². The van der Waals surface area contributed by atoms with E-state index in [0.717, 1.165) is 23.4 Å². The SMILES string of the molecule is CCCOc1ccc(-c2nc3ccccn3c2C#N)cc1. The zero-order valence-electron chi connectivity index (χ0n) is 11.8. The number of hydrogen-bond donors (Lipinski definition) is 0. The van der Waals surface area contributed by atoms with Crippen molar-refractivity contribution in [1.29, 1.82) is 5.26 Å². The molecule has 0 fully saturated rings. The van der Waals surface area contributed by atoms with Gasteiger partial charge in [-0.2, -0.15) is 5.26 Å². The maximum atomic E-state index is 9.40. The molecule has 104 valence electrons. The molecule has 1 aromatic carbocycles. The Morgan fingerprint density at radius 2 is 2.00 bits per heavy atom. The van der Waals surface area contributed by atoms with Crippen molar-refractivity contribution in [3.8, 4) is 23.1 Å². The summed E-state index contributed by atoms with van der Waals surface area (Å²) in [4.78, 5) is 4.55. The van der Waals surface area contributed by atoms with Gasteiger partial charge in [-0.25, -0.2) is 4.98 Å². The molecule has 4 heteroatoms. The van der Waals surface area contributed by atoms with Crippen LogP contribution in [0, 0.1) is 11.3 Å². The highest BCUT2D eigenvalue weighted by molar-refractivity contribution is 5.69. The van der Waals surface area contributed by atoms with Crippen LogP contribution in [-0.2, 0) is 0 Å². The lowest BCUT2D eigenvalue weighted by Gasteiger charge is -2.05. The lowest BCUT2D eigenvalue weighted by atomic mass is 10.1. The minimum Gasteiger partial charge on any atom is -0.494 e. The van der Waals surface area contributed by atoms with Crippen LogP contribution < -0.4 is 4.74 Å². The molecule has 0 saturated heterocycles. The number of fused-ring (bicyclic) bond motifs is 1. The fraction of sp³-hybridized carbons (Fsp3) is 0.176. The molecule has 0 spiro atoms. The van der Waals surface area contributed by atoms with Crippen LogP contribution in [0.25, 0.3) is 16.9 Å². The average Bonchev–Trinajstić information content (AvgIpc) is 2.92. The number of aromatic nitrogens is 2. The van der Waals surface area contributed by atoms with Gasteiger partial charge < -0.3 is 4.74 Å². The van der Waals surface area contributed by atoms with E-state index in [1.807, 2.05) is 48.7 Å². The Hall–Kier alpha value is -2.80. The minimum absolute atomic E-state index is 0.549. The standard InChI is InChI=1S/C17H15N3O/c1-2-11-21-14-8-6-13(7-9-14)17-15(12-18)20-10-4-3-5-16(20)19-17/h3-10H,2,11H2,1H3. The molecule has 2 heterocycles. The number of nitriles is 1. The maximum absolute atomic E-state index is 9.40. The highest BCUT2D eigenvalue weighted by atomic mass is 16.5. The van der Waals surface area contributed by atoms with Crippen LogP contribution in [0.1, 0.15) is 19.0 Å². The lowest BCUT2D eigenvalue weighted by Crippen LogP contribution is -1.94. The molecule has 0 aliphatic rings. The Bertz CT molecular complexity index is 797. The van der Waals surface area contributed by atoms with E-state index in [-0.39, 0.29) is 0 Å². The number of imidazole rings is 1. The number of hydrogen-bond acceptors (Lipinski definition) is 3. The summed E-state index contributed by atoms with van der Waals surface area (Å²) in [6.45, 7) is 2.78. The van der Waals surface area contributed by atoms with E-state index in [4.69, 9.17) is 4.74 Å². The fourth-order valence-corrected chi connectivity index (χ4v) is 2.23. The van der Waals surface area contributed by atoms with E-state index >= 15 is 0 Å². The lowest BCUT2D eigenvalue weighted by molar-refractivity contribution is 0.317. The first-order valence-corrected chi connectivity index (χ1v) is 6.94. The van der Waals surface area contributed by atoms with E-state index < -0.39 is 0 Å². The third kappa shape index (κ3) is 2.46. The zero-order chi connectivity index (χ0) is 14.7. The third-order valence-electron chi connectivity index (χ3n) is 3.24. The molecule has 0 atom stereocenters. The molecule has 4 nitrogen and oxygen atoms in total. The van der Waals surface area contributed by atoms with Gasteiger partial charge in [-0.3, -0.25) is 4.40 Å². The van der Waals surface area contributed by atoms with Crippen molar-refractivity contribution in [2.24, 2.45) is 0 Å². The normalized spacial score (nSPS) is 10.5. The third-order valence-corrected chi connectivity index (χ3v) is 3.24. The van der Waals surface area contributed by atoms with E-state index in [0.29, 0.717) is 18.0 Å². The summed E-state index contributed by atoms with van der Waals surface area (Å²) in [5, 5.41) is 9.40. The molecule has 0 radical (unpaired) electrons. The van der Waals surface area contributed by atoms with Crippen molar-refractivity contribution in [2.75, 3.05) is 6.61 Å². The molecule has 21 heavy (non-hydrogen) atoms. The summed E-state index contributed by atoms with van der Waals surface area (Å²) in [7, 11) is 0. The summed E-state index contributed by atoms with van der Waals surface area (Å²) in [5.74, 6) is 0.836. The summed E-state index contributed by atoms with van der Waals surface area (Å²) >= 11 is 0. The molecule has 0 amide bonds. The van der Waals surface area contributed by atoms with Crippen molar-refractivity contribution in [3.63, 3.8) is 0 Å². The van der Waals surface area contributed by atoms with Gasteiger partial charge in [0.1, 0.15) is 23.2 Å². The molecule has 3 rings (SSSR count). The zero-order valence-corrected chi connectivity index (χ0v) is 11.8. The molecule has 0 aliphatic carbocycles. The first kappa shape index (κ1) is 13.2. The number of ether oxygens (including phenoxy) is 1. The molecular formula is C17H15N3O. The summed E-state index contributed by atoms with van der Waals surface area (Å²) < 4.78 is 7.37. The average molecular weight is 277 g/mol. The predicted molar refractivity (Wildman–Crippen MR) is 81.1 cm³/mol. The van der Waals surface area contributed by atoms with Gasteiger partial charge in [0, 0.05) is 11.8 Å². The first-order valence-electron chi connectivity index (χ1n) is 6.94. The van der Waals surface area contributed by atoms with Crippen LogP contribution >= 0.6 is 0 Å². The van der Waals surface area contributed by atoms with Gasteiger partial charge in [-0.05, 0) is 42.8 Å². The molecule has 3 aromatic rings. The molecule has 0 saturated carbocycles. The highest BCUT2D eigenvalue weighted by Crippen LogP contribution is 2.25. The number of nitrogens with zero attached hydrogens (tertiary/aromatic N) is 3. The van der Waals surface area contributed by atoms with Crippen molar-refractivity contribution < 1.29 is 4.74 Å². The highest BCUT2D eigenvalue weighted by Gasteiger charge is 2.13. The van der Waals surface area contributed by atoms with Crippen molar-refractivity contribution in [3.05, 3.63) is 54.4 Å². The quantitative estimate of drug-likeness (QED) is 0.731. The van der Waals surface area contributed by atoms with Crippen LogP contribution in [0.4, 0.5) is 0 Å². The summed E-state index contributed by atoms with van der Waals surface area (Å²) in [6.07, 6.45) is 2.83. The van der Waals surface area contributed by atoms with Crippen LogP contribution in [0.3, 0.4) is 0 Å². The molecule has 0 bridgehead atoms. The van der Waals surface area contributed by atoms with Crippen molar-refractivity contribution in [2.45, 2.75) is 13.3 Å². The largest absolute Gasteiger partial charge is 0.494 e. The van der Waals surface area contributed by atoms with Gasteiger partial charge in [0.05, 0.1) is 6.61 Å². The van der Waals surface area contributed by atoms with Gasteiger partial charge >= 0.3 is 0 Å². The van der Waals surface area contributed by atoms with Crippen LogP contribution in [0.5, 0.6) is 5.75 Å². The second-order valence-electron chi connectivity index (χ2n) is 4.72. The smallest absolute Gasteiger partial charge is 0.152 e. The summed E-state index contributed by atoms with van der Waals surface area (Å²) in [5.41, 5.74) is 2.94. The Kier molecular flexibility index (Phi) is 3.57. The Morgan fingerprint density at radius 3 is 2.71 bits per heavy atom. The number of pyridine rings is 1. The van der Waals surface area contributed by atoms with Crippen LogP contribution in [0.15, 0.2) is 48.7 Å². The van der Waals surface area contributed by atoms with Gasteiger partial charge in [-0.1, -0.05) is 13.0 Å². The molecule has 0 unspecified atom stereocenters. The van der Waals surface area contributed by atoms with Gasteiger partial charge in [0.2, 0.25) is 0 Å². The second kappa shape index (κ2) is 5.68. The van der Waals surface area contributed by atoms with E-state index in [1.165, 1.54) is 0 Å². The molecular weight excluding hydrogens is 262 g/mol. The van der Waals surface area contributed by atoms with Crippen LogP contribution in [0.2, 0.25) is 0 Å². The molecule has 0 aliphatic heterocycles. The fourth-order valence-electron chi connectivity index (χ4n) is 2.23. The van der Waals surface area contributed by atoms with Gasteiger partial charge in [0.25, 0.3) is 0 Å². The van der Waals surface area contributed by atoms with E-state index in [9.17, 15) is 5.26 Å². The monoisotopic (exact) mass is 277 g/mol.